The van der Waals surface area contributed by atoms with Crippen molar-refractivity contribution in [3.05, 3.63) is 65.2 Å². The third kappa shape index (κ3) is 3.63. The van der Waals surface area contributed by atoms with Gasteiger partial charge >= 0.3 is 5.97 Å². The Morgan fingerprint density at radius 3 is 2.45 bits per heavy atom. The number of hydrogen-bond donors (Lipinski definition) is 1. The van der Waals surface area contributed by atoms with E-state index in [9.17, 15) is 4.79 Å². The van der Waals surface area contributed by atoms with Crippen LogP contribution in [0.2, 0.25) is 0 Å². The fourth-order valence-corrected chi connectivity index (χ4v) is 1.77. The van der Waals surface area contributed by atoms with E-state index >= 15 is 0 Å². The third-order valence-corrected chi connectivity index (χ3v) is 2.79. The lowest BCUT2D eigenvalue weighted by atomic mass is 10.0. The summed E-state index contributed by atoms with van der Waals surface area (Å²) in [6.45, 7) is 0. The Labute approximate surface area is 117 Å². The summed E-state index contributed by atoms with van der Waals surface area (Å²) in [6, 6.07) is 14.7. The lowest BCUT2D eigenvalue weighted by molar-refractivity contribution is -0.136. The zero-order valence-corrected chi connectivity index (χ0v) is 11.1. The molecule has 0 saturated heterocycles. The number of aliphatic carboxylic acids is 1. The van der Waals surface area contributed by atoms with Gasteiger partial charge in [0.15, 0.2) is 0 Å². The average molecular weight is 266 g/mol. The first-order valence-corrected chi connectivity index (χ1v) is 6.15. The van der Waals surface area contributed by atoms with E-state index in [1.165, 1.54) is 0 Å². The van der Waals surface area contributed by atoms with Crippen LogP contribution in [0, 0.1) is 11.8 Å². The number of carboxylic acid groups (broad SMARTS) is 1. The molecule has 0 radical (unpaired) electrons. The fourth-order valence-electron chi connectivity index (χ4n) is 1.77. The van der Waals surface area contributed by atoms with Crippen molar-refractivity contribution < 1.29 is 14.6 Å². The molecule has 3 nitrogen and oxygen atoms in total. The molecular weight excluding hydrogens is 252 g/mol. The van der Waals surface area contributed by atoms with Crippen molar-refractivity contribution in [2.75, 3.05) is 7.11 Å². The zero-order chi connectivity index (χ0) is 14.4. The Morgan fingerprint density at radius 1 is 1.10 bits per heavy atom. The highest BCUT2D eigenvalue weighted by Crippen LogP contribution is 2.11. The molecule has 0 saturated carbocycles. The van der Waals surface area contributed by atoms with E-state index in [-0.39, 0.29) is 6.42 Å². The number of benzene rings is 2. The highest BCUT2D eigenvalue weighted by molar-refractivity contribution is 5.71. The standard InChI is InChI=1S/C17H14O3/c1-20-16-10-7-13(8-11-16)6-9-14-4-2-3-5-15(14)12-17(18)19/h2-5,7-8,10-11H,12H2,1H3,(H,18,19). The molecule has 100 valence electrons. The molecule has 0 fully saturated rings. The number of ether oxygens (including phenoxy) is 1. The molecule has 20 heavy (non-hydrogen) atoms. The molecular formula is C17H14O3. The van der Waals surface area contributed by atoms with Crippen molar-refractivity contribution in [3.63, 3.8) is 0 Å². The zero-order valence-electron chi connectivity index (χ0n) is 11.1. The highest BCUT2D eigenvalue weighted by Gasteiger charge is 2.03. The Kier molecular flexibility index (Phi) is 4.41. The van der Waals surface area contributed by atoms with E-state index < -0.39 is 5.97 Å². The van der Waals surface area contributed by atoms with Gasteiger partial charge < -0.3 is 9.84 Å². The summed E-state index contributed by atoms with van der Waals surface area (Å²) >= 11 is 0. The maximum atomic E-state index is 10.8. The molecule has 0 bridgehead atoms. The Bertz CT molecular complexity index is 661. The molecule has 0 spiro atoms. The minimum absolute atomic E-state index is 0.0204. The van der Waals surface area contributed by atoms with E-state index in [1.807, 2.05) is 42.5 Å². The summed E-state index contributed by atoms with van der Waals surface area (Å²) < 4.78 is 5.08. The summed E-state index contributed by atoms with van der Waals surface area (Å²) in [5.41, 5.74) is 2.32. The van der Waals surface area contributed by atoms with E-state index in [0.29, 0.717) is 0 Å². The van der Waals surface area contributed by atoms with Gasteiger partial charge in [-0.25, -0.2) is 0 Å². The SMILES string of the molecule is COc1ccc(C#Cc2ccccc2CC(=O)O)cc1. The maximum Gasteiger partial charge on any atom is 0.307 e. The van der Waals surface area contributed by atoms with Crippen LogP contribution >= 0.6 is 0 Å². The van der Waals surface area contributed by atoms with Crippen molar-refractivity contribution in [2.45, 2.75) is 6.42 Å². The highest BCUT2D eigenvalue weighted by atomic mass is 16.5. The fraction of sp³-hybridized carbons (Fsp3) is 0.118. The van der Waals surface area contributed by atoms with E-state index in [2.05, 4.69) is 11.8 Å². The van der Waals surface area contributed by atoms with Crippen molar-refractivity contribution in [1.82, 2.24) is 0 Å². The molecule has 0 aliphatic carbocycles. The molecule has 2 rings (SSSR count). The molecule has 0 aliphatic heterocycles. The van der Waals surface area contributed by atoms with Crippen molar-refractivity contribution in [3.8, 4) is 17.6 Å². The molecule has 0 aliphatic rings. The molecule has 0 heterocycles. The summed E-state index contributed by atoms with van der Waals surface area (Å²) in [5.74, 6) is 5.97. The molecule has 0 atom stereocenters. The third-order valence-electron chi connectivity index (χ3n) is 2.79. The second-order valence-corrected chi connectivity index (χ2v) is 4.21. The van der Waals surface area contributed by atoms with Gasteiger partial charge in [0.1, 0.15) is 5.75 Å². The Hall–Kier alpha value is -2.73. The maximum absolute atomic E-state index is 10.8. The van der Waals surface area contributed by atoms with Gasteiger partial charge in [0.25, 0.3) is 0 Å². The Balaban J connectivity index is 2.25. The van der Waals surface area contributed by atoms with Crippen LogP contribution in [0.15, 0.2) is 48.5 Å². The number of rotatable bonds is 3. The molecule has 1 N–H and O–H groups in total. The molecule has 0 amide bonds. The van der Waals surface area contributed by atoms with Crippen LogP contribution < -0.4 is 4.74 Å². The second kappa shape index (κ2) is 6.44. The minimum Gasteiger partial charge on any atom is -0.497 e. The minimum atomic E-state index is -0.858. The second-order valence-electron chi connectivity index (χ2n) is 4.21. The van der Waals surface area contributed by atoms with Crippen LogP contribution in [-0.2, 0) is 11.2 Å². The average Bonchev–Trinajstić information content (AvgIpc) is 2.46. The van der Waals surface area contributed by atoms with Crippen molar-refractivity contribution >= 4 is 5.97 Å². The van der Waals surface area contributed by atoms with Crippen molar-refractivity contribution in [1.29, 1.82) is 0 Å². The summed E-state index contributed by atoms with van der Waals surface area (Å²) in [6.07, 6.45) is -0.0204. The van der Waals surface area contributed by atoms with Gasteiger partial charge in [-0.2, -0.15) is 0 Å². The first-order chi connectivity index (χ1) is 9.69. The normalized spacial score (nSPS) is 9.45. The van der Waals surface area contributed by atoms with Gasteiger partial charge in [-0.3, -0.25) is 4.79 Å². The summed E-state index contributed by atoms with van der Waals surface area (Å²) in [5, 5.41) is 8.87. The largest absolute Gasteiger partial charge is 0.497 e. The number of hydrogen-bond acceptors (Lipinski definition) is 2. The van der Waals surface area contributed by atoms with Gasteiger partial charge in [0, 0.05) is 11.1 Å². The van der Waals surface area contributed by atoms with Crippen LogP contribution in [0.4, 0.5) is 0 Å². The van der Waals surface area contributed by atoms with Gasteiger partial charge in [0.05, 0.1) is 13.5 Å². The monoisotopic (exact) mass is 266 g/mol. The topological polar surface area (TPSA) is 46.5 Å². The molecule has 2 aromatic carbocycles. The summed E-state index contributed by atoms with van der Waals surface area (Å²) in [4.78, 5) is 10.8. The lowest BCUT2D eigenvalue weighted by Gasteiger charge is -2.00. The predicted molar refractivity (Wildman–Crippen MR) is 76.8 cm³/mol. The quantitative estimate of drug-likeness (QED) is 0.869. The van der Waals surface area contributed by atoms with Crippen LogP contribution in [0.25, 0.3) is 0 Å². The number of carboxylic acids is 1. The molecule has 3 heteroatoms. The molecule has 2 aromatic rings. The first kappa shape index (κ1) is 13.7. The van der Waals surface area contributed by atoms with Gasteiger partial charge in [-0.15, -0.1) is 0 Å². The van der Waals surface area contributed by atoms with Gasteiger partial charge in [-0.05, 0) is 35.9 Å². The molecule has 0 unspecified atom stereocenters. The van der Waals surface area contributed by atoms with Gasteiger partial charge in [-0.1, -0.05) is 30.0 Å². The van der Waals surface area contributed by atoms with Crippen LogP contribution in [0.1, 0.15) is 16.7 Å². The Morgan fingerprint density at radius 2 is 1.80 bits per heavy atom. The van der Waals surface area contributed by atoms with Crippen LogP contribution in [0.3, 0.4) is 0 Å². The van der Waals surface area contributed by atoms with Crippen molar-refractivity contribution in [2.24, 2.45) is 0 Å². The lowest BCUT2D eigenvalue weighted by Crippen LogP contribution is -2.01. The van der Waals surface area contributed by atoms with Crippen LogP contribution in [0.5, 0.6) is 5.75 Å². The van der Waals surface area contributed by atoms with E-state index in [4.69, 9.17) is 9.84 Å². The predicted octanol–water partition coefficient (Wildman–Crippen LogP) is 2.72. The van der Waals surface area contributed by atoms with Gasteiger partial charge in [0.2, 0.25) is 0 Å². The van der Waals surface area contributed by atoms with E-state index in [1.54, 1.807) is 13.2 Å². The number of methoxy groups -OCH3 is 1. The first-order valence-electron chi connectivity index (χ1n) is 6.15. The van der Waals surface area contributed by atoms with E-state index in [0.717, 1.165) is 22.4 Å². The molecule has 0 aromatic heterocycles. The summed E-state index contributed by atoms with van der Waals surface area (Å²) in [7, 11) is 1.61. The van der Waals surface area contributed by atoms with Crippen LogP contribution in [-0.4, -0.2) is 18.2 Å². The number of carbonyl (C=O) groups is 1. The smallest absolute Gasteiger partial charge is 0.307 e.